The Morgan fingerprint density at radius 1 is 1.05 bits per heavy atom. The van der Waals surface area contributed by atoms with Gasteiger partial charge in [-0.1, -0.05) is 36.4 Å². The van der Waals surface area contributed by atoms with Gasteiger partial charge in [-0.25, -0.2) is 8.42 Å². The lowest BCUT2D eigenvalue weighted by atomic mass is 10.1. The van der Waals surface area contributed by atoms with Crippen molar-refractivity contribution in [2.24, 2.45) is 0 Å². The van der Waals surface area contributed by atoms with Crippen LogP contribution in [0, 0.1) is 0 Å². The maximum atomic E-state index is 11.7. The molecule has 1 aliphatic rings. The maximum Gasteiger partial charge on any atom is 0.152 e. The molecule has 0 amide bonds. The Balaban J connectivity index is 1.89. The standard InChI is InChI=1S/C15H17NO2S/c17-19(18)10-4-7-13(11-19)16-15-9-3-6-12-5-1-2-8-14(12)15/h1-3,5-6,8-9,13,16H,4,7,10-11H2. The molecule has 3 nitrogen and oxygen atoms in total. The van der Waals surface area contributed by atoms with Crippen LogP contribution in [0.2, 0.25) is 0 Å². The lowest BCUT2D eigenvalue weighted by Gasteiger charge is -2.24. The number of hydrogen-bond acceptors (Lipinski definition) is 3. The first kappa shape index (κ1) is 12.5. The third-order valence-corrected chi connectivity index (χ3v) is 5.43. The Morgan fingerprint density at radius 2 is 1.84 bits per heavy atom. The van der Waals surface area contributed by atoms with E-state index in [-0.39, 0.29) is 11.8 Å². The molecule has 0 aromatic heterocycles. The van der Waals surface area contributed by atoms with Crippen molar-refractivity contribution < 1.29 is 8.42 Å². The summed E-state index contributed by atoms with van der Waals surface area (Å²) in [6.07, 6.45) is 1.67. The summed E-state index contributed by atoms with van der Waals surface area (Å²) in [5, 5.41) is 5.72. The summed E-state index contributed by atoms with van der Waals surface area (Å²) in [4.78, 5) is 0. The van der Waals surface area contributed by atoms with E-state index in [4.69, 9.17) is 0 Å². The highest BCUT2D eigenvalue weighted by Gasteiger charge is 2.24. The van der Waals surface area contributed by atoms with Gasteiger partial charge in [0.25, 0.3) is 0 Å². The second kappa shape index (κ2) is 4.85. The summed E-state index contributed by atoms with van der Waals surface area (Å²) in [5.74, 6) is 0.580. The molecule has 3 rings (SSSR count). The van der Waals surface area contributed by atoms with Crippen LogP contribution in [-0.4, -0.2) is 26.0 Å². The number of fused-ring (bicyclic) bond motifs is 1. The van der Waals surface area contributed by atoms with Gasteiger partial charge in [0, 0.05) is 17.1 Å². The number of rotatable bonds is 2. The minimum atomic E-state index is -2.87. The van der Waals surface area contributed by atoms with E-state index in [9.17, 15) is 8.42 Å². The molecule has 0 spiro atoms. The van der Waals surface area contributed by atoms with E-state index in [0.717, 1.165) is 23.9 Å². The van der Waals surface area contributed by atoms with Gasteiger partial charge in [-0.05, 0) is 24.3 Å². The smallest absolute Gasteiger partial charge is 0.152 e. The average Bonchev–Trinajstić information content (AvgIpc) is 2.38. The fraction of sp³-hybridized carbons (Fsp3) is 0.333. The fourth-order valence-electron chi connectivity index (χ4n) is 2.71. The summed E-state index contributed by atoms with van der Waals surface area (Å²) in [6.45, 7) is 0. The molecule has 0 bridgehead atoms. The Labute approximate surface area is 113 Å². The first-order valence-corrected chi connectivity index (χ1v) is 8.41. The van der Waals surface area contributed by atoms with Crippen LogP contribution >= 0.6 is 0 Å². The minimum absolute atomic E-state index is 0.0320. The van der Waals surface area contributed by atoms with Crippen molar-refractivity contribution in [1.82, 2.24) is 0 Å². The molecule has 0 saturated carbocycles. The van der Waals surface area contributed by atoms with E-state index in [1.165, 1.54) is 5.39 Å². The second-order valence-electron chi connectivity index (χ2n) is 5.12. The molecule has 1 fully saturated rings. The van der Waals surface area contributed by atoms with Crippen molar-refractivity contribution in [2.45, 2.75) is 18.9 Å². The lowest BCUT2D eigenvalue weighted by Crippen LogP contribution is -2.34. The van der Waals surface area contributed by atoms with Crippen LogP contribution in [-0.2, 0) is 9.84 Å². The predicted molar refractivity (Wildman–Crippen MR) is 79.2 cm³/mol. The van der Waals surface area contributed by atoms with E-state index >= 15 is 0 Å². The van der Waals surface area contributed by atoms with Crippen molar-refractivity contribution in [1.29, 1.82) is 0 Å². The van der Waals surface area contributed by atoms with Crippen LogP contribution in [0.25, 0.3) is 10.8 Å². The summed E-state index contributed by atoms with van der Waals surface area (Å²) >= 11 is 0. The predicted octanol–water partition coefficient (Wildman–Crippen LogP) is 2.83. The molecular weight excluding hydrogens is 258 g/mol. The van der Waals surface area contributed by atoms with Crippen LogP contribution in [0.5, 0.6) is 0 Å². The first-order chi connectivity index (χ1) is 9.14. The molecule has 0 radical (unpaired) electrons. The van der Waals surface area contributed by atoms with E-state index in [1.807, 2.05) is 24.3 Å². The monoisotopic (exact) mass is 275 g/mol. The second-order valence-corrected chi connectivity index (χ2v) is 7.35. The number of sulfone groups is 1. The van der Waals surface area contributed by atoms with Crippen LogP contribution in [0.3, 0.4) is 0 Å². The van der Waals surface area contributed by atoms with Gasteiger partial charge < -0.3 is 5.32 Å². The third-order valence-electron chi connectivity index (χ3n) is 3.61. The lowest BCUT2D eigenvalue weighted by molar-refractivity contribution is 0.562. The Morgan fingerprint density at radius 3 is 2.68 bits per heavy atom. The van der Waals surface area contributed by atoms with Crippen molar-refractivity contribution >= 4 is 26.3 Å². The third kappa shape index (κ3) is 2.73. The topological polar surface area (TPSA) is 46.2 Å². The highest BCUT2D eigenvalue weighted by atomic mass is 32.2. The SMILES string of the molecule is O=S1(=O)CCCC(Nc2cccc3ccccc23)C1. The highest BCUT2D eigenvalue weighted by Crippen LogP contribution is 2.25. The van der Waals surface area contributed by atoms with Gasteiger partial charge in [-0.15, -0.1) is 0 Å². The summed E-state index contributed by atoms with van der Waals surface area (Å²) in [6, 6.07) is 14.3. The zero-order chi connectivity index (χ0) is 13.3. The van der Waals surface area contributed by atoms with Gasteiger partial charge in [0.1, 0.15) is 0 Å². The Hall–Kier alpha value is -1.55. The Bertz CT molecular complexity index is 689. The number of anilines is 1. The largest absolute Gasteiger partial charge is 0.381 e. The molecule has 2 aromatic rings. The average molecular weight is 275 g/mol. The van der Waals surface area contributed by atoms with Crippen molar-refractivity contribution in [3.05, 3.63) is 42.5 Å². The quantitative estimate of drug-likeness (QED) is 0.916. The van der Waals surface area contributed by atoms with Crippen molar-refractivity contribution in [2.75, 3.05) is 16.8 Å². The molecule has 19 heavy (non-hydrogen) atoms. The van der Waals surface area contributed by atoms with Crippen molar-refractivity contribution in [3.63, 3.8) is 0 Å². The molecule has 4 heteroatoms. The number of benzene rings is 2. The summed E-state index contributed by atoms with van der Waals surface area (Å²) in [5.41, 5.74) is 1.03. The summed E-state index contributed by atoms with van der Waals surface area (Å²) in [7, 11) is -2.87. The molecule has 1 saturated heterocycles. The van der Waals surface area contributed by atoms with Crippen molar-refractivity contribution in [3.8, 4) is 0 Å². The molecule has 1 unspecified atom stereocenters. The number of nitrogens with one attached hydrogen (secondary N) is 1. The molecule has 1 atom stereocenters. The van der Waals surface area contributed by atoms with E-state index in [1.54, 1.807) is 0 Å². The zero-order valence-electron chi connectivity index (χ0n) is 10.7. The molecular formula is C15H17NO2S. The van der Waals surface area contributed by atoms with E-state index in [2.05, 4.69) is 23.5 Å². The van der Waals surface area contributed by atoms with Gasteiger partial charge in [-0.2, -0.15) is 0 Å². The highest BCUT2D eigenvalue weighted by molar-refractivity contribution is 7.91. The molecule has 0 aliphatic carbocycles. The zero-order valence-corrected chi connectivity index (χ0v) is 11.5. The molecule has 1 aliphatic heterocycles. The van der Waals surface area contributed by atoms with Gasteiger partial charge in [-0.3, -0.25) is 0 Å². The number of hydrogen-bond donors (Lipinski definition) is 1. The van der Waals surface area contributed by atoms with E-state index < -0.39 is 9.84 Å². The molecule has 100 valence electrons. The fourth-order valence-corrected chi connectivity index (χ4v) is 4.34. The maximum absolute atomic E-state index is 11.7. The minimum Gasteiger partial charge on any atom is -0.381 e. The van der Waals surface area contributed by atoms with Gasteiger partial charge >= 0.3 is 0 Å². The summed E-state index contributed by atoms with van der Waals surface area (Å²) < 4.78 is 23.3. The molecule has 1 N–H and O–H groups in total. The van der Waals surface area contributed by atoms with Crippen LogP contribution in [0.15, 0.2) is 42.5 Å². The first-order valence-electron chi connectivity index (χ1n) is 6.59. The molecule has 1 heterocycles. The van der Waals surface area contributed by atoms with Gasteiger partial charge in [0.15, 0.2) is 9.84 Å². The van der Waals surface area contributed by atoms with Crippen LogP contribution < -0.4 is 5.32 Å². The normalized spacial score (nSPS) is 22.2. The van der Waals surface area contributed by atoms with Gasteiger partial charge in [0.05, 0.1) is 11.5 Å². The molecule has 2 aromatic carbocycles. The van der Waals surface area contributed by atoms with Crippen LogP contribution in [0.4, 0.5) is 5.69 Å². The van der Waals surface area contributed by atoms with Gasteiger partial charge in [0.2, 0.25) is 0 Å². The Kier molecular flexibility index (Phi) is 3.19. The van der Waals surface area contributed by atoms with E-state index in [0.29, 0.717) is 5.75 Å². The van der Waals surface area contributed by atoms with Crippen LogP contribution in [0.1, 0.15) is 12.8 Å².